The van der Waals surface area contributed by atoms with E-state index in [0.717, 1.165) is 12.8 Å². The lowest BCUT2D eigenvalue weighted by atomic mass is 10.1. The van der Waals surface area contributed by atoms with E-state index in [0.29, 0.717) is 18.8 Å². The number of carbonyl (C=O) groups excluding carboxylic acids is 1. The van der Waals surface area contributed by atoms with Crippen LogP contribution in [0.15, 0.2) is 24.3 Å². The predicted molar refractivity (Wildman–Crippen MR) is 72.4 cm³/mol. The summed E-state index contributed by atoms with van der Waals surface area (Å²) in [6.07, 6.45) is 1.62. The van der Waals surface area contributed by atoms with Crippen molar-refractivity contribution in [3.05, 3.63) is 34.4 Å². The van der Waals surface area contributed by atoms with E-state index in [1.54, 1.807) is 4.90 Å². The Morgan fingerprint density at radius 3 is 2.50 bits per heavy atom. The van der Waals surface area contributed by atoms with Crippen molar-refractivity contribution in [2.75, 3.05) is 19.7 Å². The molecule has 0 radical (unpaired) electrons. The molecule has 7 nitrogen and oxygen atoms in total. The second-order valence-electron chi connectivity index (χ2n) is 4.76. The molecule has 1 amide bonds. The molecule has 0 bridgehead atoms. The van der Waals surface area contributed by atoms with Gasteiger partial charge in [0.1, 0.15) is 5.75 Å². The smallest absolute Gasteiger partial charge is 0.269 e. The SMILES string of the molecule is NC1CCN(C(=O)COc2ccc([N+](=O)[O-])cc2)CC1. The summed E-state index contributed by atoms with van der Waals surface area (Å²) in [7, 11) is 0. The van der Waals surface area contributed by atoms with Gasteiger partial charge in [-0.1, -0.05) is 0 Å². The number of carbonyl (C=O) groups is 1. The molecule has 2 rings (SSSR count). The van der Waals surface area contributed by atoms with Crippen LogP contribution in [0.3, 0.4) is 0 Å². The first-order valence-electron chi connectivity index (χ1n) is 6.47. The topological polar surface area (TPSA) is 98.7 Å². The molecule has 20 heavy (non-hydrogen) atoms. The minimum Gasteiger partial charge on any atom is -0.484 e. The molecule has 1 saturated heterocycles. The Labute approximate surface area is 116 Å². The average Bonchev–Trinajstić information content (AvgIpc) is 2.46. The van der Waals surface area contributed by atoms with E-state index in [-0.39, 0.29) is 24.2 Å². The third kappa shape index (κ3) is 3.67. The molecule has 1 aliphatic heterocycles. The number of nitro benzene ring substituents is 1. The molecule has 0 unspecified atom stereocenters. The van der Waals surface area contributed by atoms with Crippen LogP contribution in [0.25, 0.3) is 0 Å². The number of piperidine rings is 1. The van der Waals surface area contributed by atoms with Gasteiger partial charge in [-0.25, -0.2) is 0 Å². The predicted octanol–water partition coefficient (Wildman–Crippen LogP) is 0.923. The monoisotopic (exact) mass is 279 g/mol. The van der Waals surface area contributed by atoms with Crippen molar-refractivity contribution in [3.8, 4) is 5.75 Å². The lowest BCUT2D eigenvalue weighted by Crippen LogP contribution is -2.44. The lowest BCUT2D eigenvalue weighted by molar-refractivity contribution is -0.384. The number of rotatable bonds is 4. The number of amides is 1. The third-order valence-electron chi connectivity index (χ3n) is 3.30. The average molecular weight is 279 g/mol. The van der Waals surface area contributed by atoms with Crippen molar-refractivity contribution in [1.29, 1.82) is 0 Å². The van der Waals surface area contributed by atoms with Gasteiger partial charge in [-0.2, -0.15) is 0 Å². The van der Waals surface area contributed by atoms with Crippen LogP contribution in [0.4, 0.5) is 5.69 Å². The molecule has 2 N–H and O–H groups in total. The highest BCUT2D eigenvalue weighted by atomic mass is 16.6. The molecule has 1 heterocycles. The van der Waals surface area contributed by atoms with Crippen LogP contribution in [0.2, 0.25) is 0 Å². The van der Waals surface area contributed by atoms with Gasteiger partial charge < -0.3 is 15.4 Å². The molecule has 0 spiro atoms. The van der Waals surface area contributed by atoms with Crippen LogP contribution < -0.4 is 10.5 Å². The van der Waals surface area contributed by atoms with E-state index in [1.807, 2.05) is 0 Å². The van der Waals surface area contributed by atoms with E-state index in [9.17, 15) is 14.9 Å². The molecule has 0 aromatic heterocycles. The van der Waals surface area contributed by atoms with Gasteiger partial charge in [-0.05, 0) is 25.0 Å². The Kier molecular flexibility index (Phi) is 4.52. The van der Waals surface area contributed by atoms with Gasteiger partial charge in [0, 0.05) is 31.3 Å². The summed E-state index contributed by atoms with van der Waals surface area (Å²) in [6.45, 7) is 1.25. The van der Waals surface area contributed by atoms with E-state index in [1.165, 1.54) is 24.3 Å². The van der Waals surface area contributed by atoms with Gasteiger partial charge >= 0.3 is 0 Å². The Bertz CT molecular complexity index is 481. The van der Waals surface area contributed by atoms with Crippen LogP contribution in [-0.2, 0) is 4.79 Å². The van der Waals surface area contributed by atoms with Gasteiger partial charge in [0.2, 0.25) is 0 Å². The minimum atomic E-state index is -0.480. The van der Waals surface area contributed by atoms with Crippen molar-refractivity contribution in [3.63, 3.8) is 0 Å². The van der Waals surface area contributed by atoms with Crippen LogP contribution in [0.1, 0.15) is 12.8 Å². The maximum Gasteiger partial charge on any atom is 0.269 e. The maximum atomic E-state index is 11.9. The first-order chi connectivity index (χ1) is 9.56. The summed E-state index contributed by atoms with van der Waals surface area (Å²) in [4.78, 5) is 23.7. The largest absolute Gasteiger partial charge is 0.484 e. The van der Waals surface area contributed by atoms with Crippen molar-refractivity contribution in [1.82, 2.24) is 4.90 Å². The Hall–Kier alpha value is -2.15. The fraction of sp³-hybridized carbons (Fsp3) is 0.462. The van der Waals surface area contributed by atoms with Crippen molar-refractivity contribution in [2.45, 2.75) is 18.9 Å². The third-order valence-corrected chi connectivity index (χ3v) is 3.30. The normalized spacial score (nSPS) is 15.9. The second-order valence-corrected chi connectivity index (χ2v) is 4.76. The number of non-ortho nitro benzene ring substituents is 1. The number of nitro groups is 1. The first kappa shape index (κ1) is 14.3. The highest BCUT2D eigenvalue weighted by Gasteiger charge is 2.20. The Balaban J connectivity index is 1.82. The zero-order valence-corrected chi connectivity index (χ0v) is 11.0. The van der Waals surface area contributed by atoms with E-state index in [2.05, 4.69) is 0 Å². The zero-order valence-electron chi connectivity index (χ0n) is 11.0. The zero-order chi connectivity index (χ0) is 14.5. The maximum absolute atomic E-state index is 11.9. The molecule has 1 aromatic carbocycles. The fourth-order valence-corrected chi connectivity index (χ4v) is 2.05. The van der Waals surface area contributed by atoms with E-state index >= 15 is 0 Å². The van der Waals surface area contributed by atoms with Gasteiger partial charge in [0.25, 0.3) is 11.6 Å². The van der Waals surface area contributed by atoms with Crippen molar-refractivity contribution in [2.24, 2.45) is 5.73 Å². The Morgan fingerprint density at radius 1 is 1.35 bits per heavy atom. The molecular weight excluding hydrogens is 262 g/mol. The summed E-state index contributed by atoms with van der Waals surface area (Å²) in [5.74, 6) is 0.355. The number of nitrogens with zero attached hydrogens (tertiary/aromatic N) is 2. The van der Waals surface area contributed by atoms with E-state index < -0.39 is 4.92 Å². The van der Waals surface area contributed by atoms with Crippen LogP contribution >= 0.6 is 0 Å². The summed E-state index contributed by atoms with van der Waals surface area (Å²) >= 11 is 0. The van der Waals surface area contributed by atoms with Gasteiger partial charge in [0.05, 0.1) is 4.92 Å². The van der Waals surface area contributed by atoms with Crippen LogP contribution in [0.5, 0.6) is 5.75 Å². The quantitative estimate of drug-likeness (QED) is 0.652. The number of ether oxygens (including phenoxy) is 1. The molecule has 0 atom stereocenters. The standard InChI is InChI=1S/C13H17N3O4/c14-10-5-7-15(8-6-10)13(17)9-20-12-3-1-11(2-4-12)16(18)19/h1-4,10H,5-9,14H2. The molecule has 108 valence electrons. The van der Waals surface area contributed by atoms with Gasteiger partial charge in [-0.15, -0.1) is 0 Å². The molecule has 0 aliphatic carbocycles. The molecule has 1 fully saturated rings. The van der Waals surface area contributed by atoms with Crippen molar-refractivity contribution >= 4 is 11.6 Å². The highest BCUT2D eigenvalue weighted by Crippen LogP contribution is 2.17. The fourth-order valence-electron chi connectivity index (χ4n) is 2.05. The molecule has 1 aliphatic rings. The lowest BCUT2D eigenvalue weighted by Gasteiger charge is -2.30. The first-order valence-corrected chi connectivity index (χ1v) is 6.47. The van der Waals surface area contributed by atoms with Crippen molar-refractivity contribution < 1.29 is 14.5 Å². The molecule has 7 heteroatoms. The van der Waals surface area contributed by atoms with Gasteiger partial charge in [-0.3, -0.25) is 14.9 Å². The molecule has 0 saturated carbocycles. The summed E-state index contributed by atoms with van der Waals surface area (Å²) in [6, 6.07) is 5.84. The summed E-state index contributed by atoms with van der Waals surface area (Å²) < 4.78 is 5.34. The second kappa shape index (κ2) is 6.33. The number of benzene rings is 1. The summed E-state index contributed by atoms with van der Waals surface area (Å²) in [5, 5.41) is 10.5. The van der Waals surface area contributed by atoms with Crippen LogP contribution in [-0.4, -0.2) is 41.5 Å². The summed E-state index contributed by atoms with van der Waals surface area (Å²) in [5.41, 5.74) is 5.77. The molecule has 1 aromatic rings. The molecular formula is C13H17N3O4. The number of nitrogens with two attached hydrogens (primary N) is 1. The number of likely N-dealkylation sites (tertiary alicyclic amines) is 1. The minimum absolute atomic E-state index is 0.00584. The van der Waals surface area contributed by atoms with E-state index in [4.69, 9.17) is 10.5 Å². The Morgan fingerprint density at radius 2 is 1.95 bits per heavy atom. The van der Waals surface area contributed by atoms with Gasteiger partial charge in [0.15, 0.2) is 6.61 Å². The highest BCUT2D eigenvalue weighted by molar-refractivity contribution is 5.77. The number of hydrogen-bond donors (Lipinski definition) is 1. The van der Waals surface area contributed by atoms with Crippen LogP contribution in [0, 0.1) is 10.1 Å². The number of hydrogen-bond acceptors (Lipinski definition) is 5.